The van der Waals surface area contributed by atoms with E-state index in [9.17, 15) is 4.79 Å². The second kappa shape index (κ2) is 21.0. The quantitative estimate of drug-likeness (QED) is 0.209. The van der Waals surface area contributed by atoms with Crippen LogP contribution in [0.2, 0.25) is 0 Å². The van der Waals surface area contributed by atoms with Crippen molar-refractivity contribution in [1.82, 2.24) is 0 Å². The summed E-state index contributed by atoms with van der Waals surface area (Å²) < 4.78 is 27.2. The number of rotatable bonds is 21. The van der Waals surface area contributed by atoms with Crippen LogP contribution in [0.1, 0.15) is 72.6 Å². The van der Waals surface area contributed by atoms with Gasteiger partial charge in [-0.3, -0.25) is 4.79 Å². The van der Waals surface area contributed by atoms with Crippen molar-refractivity contribution in [3.05, 3.63) is 0 Å². The standard InChI is InChI=1S/C22H44O6/c1-5-6-7-9-21(4)28-22(23)10-8-12-24-14-16-26-18-19-27-17-15-25-13-11-20(2)3/h20-21H,5-19H2,1-4H3. The van der Waals surface area contributed by atoms with Gasteiger partial charge in [-0.15, -0.1) is 0 Å². The van der Waals surface area contributed by atoms with E-state index in [1.54, 1.807) is 0 Å². The predicted molar refractivity (Wildman–Crippen MR) is 112 cm³/mol. The van der Waals surface area contributed by atoms with E-state index in [4.69, 9.17) is 23.7 Å². The van der Waals surface area contributed by atoms with Gasteiger partial charge < -0.3 is 23.7 Å². The average Bonchev–Trinajstić information content (AvgIpc) is 2.64. The minimum absolute atomic E-state index is 0.0159. The molecular formula is C22H44O6. The lowest BCUT2D eigenvalue weighted by Crippen LogP contribution is -2.15. The zero-order chi connectivity index (χ0) is 20.9. The smallest absolute Gasteiger partial charge is 0.306 e. The Hall–Kier alpha value is -0.690. The van der Waals surface area contributed by atoms with Crippen LogP contribution in [0.5, 0.6) is 0 Å². The summed E-state index contributed by atoms with van der Waals surface area (Å²) in [4.78, 5) is 11.7. The number of carbonyl (C=O) groups is 1. The van der Waals surface area contributed by atoms with E-state index in [1.807, 2.05) is 6.92 Å². The second-order valence-electron chi connectivity index (χ2n) is 7.53. The van der Waals surface area contributed by atoms with Crippen LogP contribution in [0, 0.1) is 5.92 Å². The van der Waals surface area contributed by atoms with Crippen molar-refractivity contribution in [3.63, 3.8) is 0 Å². The highest BCUT2D eigenvalue weighted by Crippen LogP contribution is 2.07. The highest BCUT2D eigenvalue weighted by molar-refractivity contribution is 5.69. The first-order valence-corrected chi connectivity index (χ1v) is 11.1. The third kappa shape index (κ3) is 21.6. The molecule has 0 fully saturated rings. The fourth-order valence-corrected chi connectivity index (χ4v) is 2.42. The highest BCUT2D eigenvalue weighted by atomic mass is 16.6. The van der Waals surface area contributed by atoms with E-state index >= 15 is 0 Å². The first kappa shape index (κ1) is 27.3. The molecule has 0 bridgehead atoms. The van der Waals surface area contributed by atoms with Crippen molar-refractivity contribution < 1.29 is 28.5 Å². The van der Waals surface area contributed by atoms with Crippen LogP contribution in [-0.4, -0.2) is 64.9 Å². The van der Waals surface area contributed by atoms with Crippen LogP contribution in [0.4, 0.5) is 0 Å². The minimum Gasteiger partial charge on any atom is -0.463 e. The summed E-state index contributed by atoms with van der Waals surface area (Å²) in [6, 6.07) is 0. The summed E-state index contributed by atoms with van der Waals surface area (Å²) in [7, 11) is 0. The van der Waals surface area contributed by atoms with Gasteiger partial charge >= 0.3 is 5.97 Å². The predicted octanol–water partition coefficient (Wildman–Crippen LogP) is 4.39. The van der Waals surface area contributed by atoms with Crippen molar-refractivity contribution in [2.75, 3.05) is 52.9 Å². The maximum absolute atomic E-state index is 11.7. The van der Waals surface area contributed by atoms with Gasteiger partial charge in [0.2, 0.25) is 0 Å². The number of hydrogen-bond acceptors (Lipinski definition) is 6. The van der Waals surface area contributed by atoms with Crippen LogP contribution in [0.3, 0.4) is 0 Å². The van der Waals surface area contributed by atoms with E-state index in [0.29, 0.717) is 65.0 Å². The Balaban J connectivity index is 3.21. The zero-order valence-corrected chi connectivity index (χ0v) is 18.7. The van der Waals surface area contributed by atoms with Crippen LogP contribution in [-0.2, 0) is 28.5 Å². The van der Waals surface area contributed by atoms with Gasteiger partial charge in [0, 0.05) is 19.6 Å². The molecule has 0 aromatic heterocycles. The lowest BCUT2D eigenvalue weighted by Gasteiger charge is -2.13. The summed E-state index contributed by atoms with van der Waals surface area (Å²) in [5, 5.41) is 0. The molecule has 6 heteroatoms. The van der Waals surface area contributed by atoms with Gasteiger partial charge in [0.05, 0.1) is 45.7 Å². The summed E-state index contributed by atoms with van der Waals surface area (Å²) >= 11 is 0. The van der Waals surface area contributed by atoms with E-state index in [-0.39, 0.29) is 12.1 Å². The van der Waals surface area contributed by atoms with Gasteiger partial charge in [-0.05, 0) is 38.5 Å². The largest absolute Gasteiger partial charge is 0.463 e. The van der Waals surface area contributed by atoms with Crippen LogP contribution < -0.4 is 0 Å². The maximum atomic E-state index is 11.7. The monoisotopic (exact) mass is 404 g/mol. The summed E-state index contributed by atoms with van der Waals surface area (Å²) in [5.41, 5.74) is 0. The molecule has 0 aromatic rings. The SMILES string of the molecule is CCCCCC(C)OC(=O)CCCOCCOCCOCCOCCC(C)C. The van der Waals surface area contributed by atoms with Crippen molar-refractivity contribution in [2.24, 2.45) is 5.92 Å². The molecule has 0 rings (SSSR count). The van der Waals surface area contributed by atoms with Crippen LogP contribution >= 0.6 is 0 Å². The molecule has 1 unspecified atom stereocenters. The van der Waals surface area contributed by atoms with Gasteiger partial charge in [-0.2, -0.15) is 0 Å². The Morgan fingerprint density at radius 1 is 0.679 bits per heavy atom. The molecule has 6 nitrogen and oxygen atoms in total. The Labute approximate surface area is 172 Å². The van der Waals surface area contributed by atoms with E-state index in [0.717, 1.165) is 25.9 Å². The molecule has 0 N–H and O–H groups in total. The Morgan fingerprint density at radius 2 is 1.21 bits per heavy atom. The van der Waals surface area contributed by atoms with Crippen molar-refractivity contribution in [1.29, 1.82) is 0 Å². The van der Waals surface area contributed by atoms with E-state index in [2.05, 4.69) is 20.8 Å². The summed E-state index contributed by atoms with van der Waals surface area (Å²) in [6.45, 7) is 13.3. The van der Waals surface area contributed by atoms with Crippen molar-refractivity contribution >= 4 is 5.97 Å². The third-order valence-corrected chi connectivity index (χ3v) is 4.17. The summed E-state index contributed by atoms with van der Waals surface area (Å²) in [6.07, 6.45) is 6.63. The molecule has 0 aromatic carbocycles. The normalized spacial score (nSPS) is 12.5. The minimum atomic E-state index is -0.130. The van der Waals surface area contributed by atoms with Gasteiger partial charge in [0.1, 0.15) is 0 Å². The molecule has 0 heterocycles. The maximum Gasteiger partial charge on any atom is 0.306 e. The number of unbranched alkanes of at least 4 members (excludes halogenated alkanes) is 2. The van der Waals surface area contributed by atoms with Gasteiger partial charge in [0.25, 0.3) is 0 Å². The first-order valence-electron chi connectivity index (χ1n) is 11.1. The first-order chi connectivity index (χ1) is 13.6. The average molecular weight is 405 g/mol. The van der Waals surface area contributed by atoms with Crippen LogP contribution in [0.25, 0.3) is 0 Å². The molecule has 0 amide bonds. The molecule has 28 heavy (non-hydrogen) atoms. The number of ether oxygens (including phenoxy) is 5. The number of esters is 1. The Bertz CT molecular complexity index is 335. The molecule has 168 valence electrons. The van der Waals surface area contributed by atoms with E-state index < -0.39 is 0 Å². The van der Waals surface area contributed by atoms with Crippen molar-refractivity contribution in [2.45, 2.75) is 78.7 Å². The van der Waals surface area contributed by atoms with E-state index in [1.165, 1.54) is 12.8 Å². The number of hydrogen-bond donors (Lipinski definition) is 0. The van der Waals surface area contributed by atoms with Crippen LogP contribution in [0.15, 0.2) is 0 Å². The molecule has 0 aliphatic carbocycles. The van der Waals surface area contributed by atoms with Gasteiger partial charge in [-0.25, -0.2) is 0 Å². The lowest BCUT2D eigenvalue weighted by molar-refractivity contribution is -0.149. The lowest BCUT2D eigenvalue weighted by atomic mass is 10.1. The Morgan fingerprint density at radius 3 is 1.75 bits per heavy atom. The topological polar surface area (TPSA) is 63.2 Å². The van der Waals surface area contributed by atoms with Crippen molar-refractivity contribution in [3.8, 4) is 0 Å². The molecule has 0 saturated heterocycles. The zero-order valence-electron chi connectivity index (χ0n) is 18.7. The third-order valence-electron chi connectivity index (χ3n) is 4.17. The highest BCUT2D eigenvalue weighted by Gasteiger charge is 2.08. The molecule has 0 saturated carbocycles. The van der Waals surface area contributed by atoms with Gasteiger partial charge in [-0.1, -0.05) is 33.6 Å². The summed E-state index contributed by atoms with van der Waals surface area (Å²) in [5.74, 6) is 0.545. The molecule has 0 spiro atoms. The Kier molecular flexibility index (Phi) is 20.5. The molecule has 1 atom stereocenters. The van der Waals surface area contributed by atoms with Gasteiger partial charge in [0.15, 0.2) is 0 Å². The molecule has 0 radical (unpaired) electrons. The molecular weight excluding hydrogens is 360 g/mol. The fourth-order valence-electron chi connectivity index (χ4n) is 2.42. The number of carbonyl (C=O) groups excluding carboxylic acids is 1. The fraction of sp³-hybridized carbons (Fsp3) is 0.955. The molecule has 0 aliphatic heterocycles. The second-order valence-corrected chi connectivity index (χ2v) is 7.53. The molecule has 0 aliphatic rings.